The molecule has 0 spiro atoms. The number of benzene rings is 1. The number of thiazole rings is 1. The van der Waals surface area contributed by atoms with Gasteiger partial charge in [0, 0.05) is 31.2 Å². The highest BCUT2D eigenvalue weighted by molar-refractivity contribution is 8.00. The van der Waals surface area contributed by atoms with E-state index in [0.717, 1.165) is 50.7 Å². The van der Waals surface area contributed by atoms with Crippen molar-refractivity contribution in [3.8, 4) is 0 Å². The van der Waals surface area contributed by atoms with Gasteiger partial charge in [0.05, 0.1) is 15.6 Å². The van der Waals surface area contributed by atoms with Crippen molar-refractivity contribution in [1.29, 1.82) is 0 Å². The number of aromatic nitrogens is 1. The van der Waals surface area contributed by atoms with Crippen molar-refractivity contribution in [2.24, 2.45) is 0 Å². The summed E-state index contributed by atoms with van der Waals surface area (Å²) >= 11 is 8.92. The number of rotatable bonds is 15. The summed E-state index contributed by atoms with van der Waals surface area (Å²) in [6, 6.07) is 3.09. The Balaban J connectivity index is 1.60. The summed E-state index contributed by atoms with van der Waals surface area (Å²) in [4.78, 5) is 4.55. The minimum absolute atomic E-state index is 0.307. The van der Waals surface area contributed by atoms with Crippen molar-refractivity contribution in [3.63, 3.8) is 0 Å². The SMILES string of the molecule is CCCCNCCNCCCCNc1cc(F)c(SNc2nccs2)cc1Cl. The molecule has 1 aromatic heterocycles. The maximum Gasteiger partial charge on any atom is 0.192 e. The number of halogens is 2. The average molecular weight is 446 g/mol. The molecule has 0 saturated carbocycles. The fraction of sp³-hybridized carbons (Fsp3) is 0.526. The molecule has 0 aliphatic carbocycles. The smallest absolute Gasteiger partial charge is 0.192 e. The highest BCUT2D eigenvalue weighted by Gasteiger charge is 2.10. The Morgan fingerprint density at radius 2 is 1.82 bits per heavy atom. The third kappa shape index (κ3) is 8.96. The zero-order valence-electron chi connectivity index (χ0n) is 16.2. The van der Waals surface area contributed by atoms with E-state index < -0.39 is 0 Å². The monoisotopic (exact) mass is 445 g/mol. The van der Waals surface area contributed by atoms with Crippen molar-refractivity contribution in [2.45, 2.75) is 37.5 Å². The Morgan fingerprint density at radius 1 is 1.07 bits per heavy atom. The van der Waals surface area contributed by atoms with E-state index in [1.165, 1.54) is 42.2 Å². The first kappa shape index (κ1) is 23.2. The Morgan fingerprint density at radius 3 is 2.54 bits per heavy atom. The molecular formula is C19H29ClFN5S2. The summed E-state index contributed by atoms with van der Waals surface area (Å²) in [5, 5.41) is 13.2. The van der Waals surface area contributed by atoms with Gasteiger partial charge in [0.2, 0.25) is 0 Å². The first-order valence-electron chi connectivity index (χ1n) is 9.67. The lowest BCUT2D eigenvalue weighted by Crippen LogP contribution is -2.28. The molecule has 1 heterocycles. The van der Waals surface area contributed by atoms with Crippen LogP contribution in [0.3, 0.4) is 0 Å². The van der Waals surface area contributed by atoms with E-state index in [4.69, 9.17) is 11.6 Å². The highest BCUT2D eigenvalue weighted by Crippen LogP contribution is 2.32. The molecule has 0 aliphatic rings. The molecular weight excluding hydrogens is 417 g/mol. The lowest BCUT2D eigenvalue weighted by molar-refractivity contribution is 0.577. The normalized spacial score (nSPS) is 11.0. The van der Waals surface area contributed by atoms with Crippen LogP contribution in [-0.2, 0) is 0 Å². The lowest BCUT2D eigenvalue weighted by atomic mass is 10.2. The average Bonchev–Trinajstić information content (AvgIpc) is 3.21. The topological polar surface area (TPSA) is 61.0 Å². The maximum absolute atomic E-state index is 14.3. The van der Waals surface area contributed by atoms with Gasteiger partial charge in [-0.05, 0) is 56.4 Å². The van der Waals surface area contributed by atoms with E-state index in [1.807, 2.05) is 5.38 Å². The molecule has 0 saturated heterocycles. The van der Waals surface area contributed by atoms with Crippen molar-refractivity contribution < 1.29 is 4.39 Å². The van der Waals surface area contributed by atoms with E-state index in [0.29, 0.717) is 15.6 Å². The predicted octanol–water partition coefficient (Wildman–Crippen LogP) is 5.23. The van der Waals surface area contributed by atoms with Gasteiger partial charge in [0.15, 0.2) is 5.13 Å². The first-order valence-corrected chi connectivity index (χ1v) is 11.7. The Kier molecular flexibility index (Phi) is 11.6. The molecule has 0 aliphatic heterocycles. The van der Waals surface area contributed by atoms with Crippen LogP contribution < -0.4 is 20.7 Å². The maximum atomic E-state index is 14.3. The largest absolute Gasteiger partial charge is 0.384 e. The van der Waals surface area contributed by atoms with Crippen LogP contribution in [0.2, 0.25) is 5.02 Å². The van der Waals surface area contributed by atoms with E-state index in [9.17, 15) is 4.39 Å². The zero-order valence-corrected chi connectivity index (χ0v) is 18.6. The minimum Gasteiger partial charge on any atom is -0.384 e. The van der Waals surface area contributed by atoms with Crippen LogP contribution in [0.5, 0.6) is 0 Å². The Bertz CT molecular complexity index is 673. The Labute approximate surface area is 180 Å². The molecule has 5 nitrogen and oxygen atoms in total. The van der Waals surface area contributed by atoms with Crippen molar-refractivity contribution in [1.82, 2.24) is 15.6 Å². The Hall–Kier alpha value is -1.06. The van der Waals surface area contributed by atoms with Crippen LogP contribution in [0.1, 0.15) is 32.6 Å². The summed E-state index contributed by atoms with van der Waals surface area (Å²) in [7, 11) is 0. The van der Waals surface area contributed by atoms with Gasteiger partial charge in [-0.1, -0.05) is 24.9 Å². The van der Waals surface area contributed by atoms with Gasteiger partial charge in [-0.3, -0.25) is 0 Å². The number of unbranched alkanes of at least 4 members (excludes halogenated alkanes) is 2. The molecule has 28 heavy (non-hydrogen) atoms. The fourth-order valence-corrected chi connectivity index (χ4v) is 4.01. The third-order valence-electron chi connectivity index (χ3n) is 3.98. The minimum atomic E-state index is -0.307. The second kappa shape index (κ2) is 14.0. The number of nitrogens with one attached hydrogen (secondary N) is 4. The molecule has 2 rings (SSSR count). The van der Waals surface area contributed by atoms with Crippen LogP contribution in [0.15, 0.2) is 28.6 Å². The third-order valence-corrected chi connectivity index (χ3v) is 5.94. The van der Waals surface area contributed by atoms with Crippen LogP contribution >= 0.6 is 34.9 Å². The van der Waals surface area contributed by atoms with Gasteiger partial charge in [-0.15, -0.1) is 11.3 Å². The number of nitrogens with zero attached hydrogens (tertiary/aromatic N) is 1. The van der Waals surface area contributed by atoms with Gasteiger partial charge in [0.1, 0.15) is 5.82 Å². The van der Waals surface area contributed by atoms with Crippen molar-refractivity contribution in [2.75, 3.05) is 42.8 Å². The summed E-state index contributed by atoms with van der Waals surface area (Å²) in [5.74, 6) is -0.307. The second-order valence-corrected chi connectivity index (χ2v) is 8.44. The molecule has 9 heteroatoms. The standard InChI is InChI=1S/C19H29ClFN5S2/c1-2-3-6-22-9-10-23-7-4-5-8-24-17-14-16(21)18(13-15(17)20)28-26-19-25-11-12-27-19/h11-14,22-24H,2-10H2,1H3,(H,25,26). The zero-order chi connectivity index (χ0) is 20.0. The molecule has 0 radical (unpaired) electrons. The van der Waals surface area contributed by atoms with Crippen molar-refractivity contribution in [3.05, 3.63) is 34.5 Å². The van der Waals surface area contributed by atoms with Gasteiger partial charge in [-0.25, -0.2) is 9.37 Å². The molecule has 0 amide bonds. The van der Waals surface area contributed by atoms with Gasteiger partial charge in [0.25, 0.3) is 0 Å². The number of hydrogen-bond donors (Lipinski definition) is 4. The summed E-state index contributed by atoms with van der Waals surface area (Å²) in [5.41, 5.74) is 0.630. The van der Waals surface area contributed by atoms with E-state index in [-0.39, 0.29) is 5.82 Å². The van der Waals surface area contributed by atoms with Gasteiger partial charge in [-0.2, -0.15) is 0 Å². The molecule has 2 aromatic rings. The summed E-state index contributed by atoms with van der Waals surface area (Å²) in [6.45, 7) is 7.04. The molecule has 4 N–H and O–H groups in total. The van der Waals surface area contributed by atoms with Gasteiger partial charge >= 0.3 is 0 Å². The summed E-state index contributed by atoms with van der Waals surface area (Å²) in [6.07, 6.45) is 6.22. The van der Waals surface area contributed by atoms with Crippen LogP contribution in [0, 0.1) is 5.82 Å². The lowest BCUT2D eigenvalue weighted by Gasteiger charge is -2.11. The molecule has 0 unspecified atom stereocenters. The molecule has 156 valence electrons. The predicted molar refractivity (Wildman–Crippen MR) is 121 cm³/mol. The highest BCUT2D eigenvalue weighted by atomic mass is 35.5. The fourth-order valence-electron chi connectivity index (χ4n) is 2.44. The van der Waals surface area contributed by atoms with E-state index >= 15 is 0 Å². The van der Waals surface area contributed by atoms with Gasteiger partial charge < -0.3 is 20.7 Å². The first-order chi connectivity index (χ1) is 13.7. The quantitative estimate of drug-likeness (QED) is 0.222. The van der Waals surface area contributed by atoms with Crippen molar-refractivity contribution >= 4 is 45.7 Å². The van der Waals surface area contributed by atoms with E-state index in [1.54, 1.807) is 12.3 Å². The molecule has 1 aromatic carbocycles. The van der Waals surface area contributed by atoms with Crippen LogP contribution in [-0.4, -0.2) is 37.7 Å². The van der Waals surface area contributed by atoms with Crippen LogP contribution in [0.4, 0.5) is 15.2 Å². The number of anilines is 2. The number of hydrogen-bond acceptors (Lipinski definition) is 7. The second-order valence-electron chi connectivity index (χ2n) is 6.29. The molecule has 0 bridgehead atoms. The molecule has 0 atom stereocenters. The van der Waals surface area contributed by atoms with Crippen LogP contribution in [0.25, 0.3) is 0 Å². The summed E-state index contributed by atoms with van der Waals surface area (Å²) < 4.78 is 17.3. The molecule has 0 fully saturated rings. The van der Waals surface area contributed by atoms with E-state index in [2.05, 4.69) is 32.6 Å².